The first-order valence-corrected chi connectivity index (χ1v) is 8.73. The summed E-state index contributed by atoms with van der Waals surface area (Å²) in [6.07, 6.45) is 0.582. The van der Waals surface area contributed by atoms with E-state index in [0.29, 0.717) is 45.2 Å². The number of carbonyl (C=O) groups excluding carboxylic acids is 2. The summed E-state index contributed by atoms with van der Waals surface area (Å²) in [6, 6.07) is 0.310. The lowest BCUT2D eigenvalue weighted by Gasteiger charge is -2.36. The molecule has 21 heavy (non-hydrogen) atoms. The zero-order valence-electron chi connectivity index (χ0n) is 13.0. The molecule has 0 saturated carbocycles. The lowest BCUT2D eigenvalue weighted by atomic mass is 10.2. The van der Waals surface area contributed by atoms with Gasteiger partial charge in [-0.05, 0) is 14.1 Å². The Morgan fingerprint density at radius 1 is 1.14 bits per heavy atom. The molecule has 0 aliphatic carbocycles. The van der Waals surface area contributed by atoms with Crippen LogP contribution < -0.4 is 5.32 Å². The average molecular weight is 314 g/mol. The van der Waals surface area contributed by atoms with Crippen LogP contribution in [0.25, 0.3) is 0 Å². The van der Waals surface area contributed by atoms with E-state index in [1.165, 1.54) is 0 Å². The van der Waals surface area contributed by atoms with Gasteiger partial charge in [0.15, 0.2) is 0 Å². The van der Waals surface area contributed by atoms with Crippen molar-refractivity contribution in [3.63, 3.8) is 0 Å². The lowest BCUT2D eigenvalue weighted by Crippen LogP contribution is -2.53. The van der Waals surface area contributed by atoms with E-state index in [9.17, 15) is 9.59 Å². The predicted molar refractivity (Wildman–Crippen MR) is 85.4 cm³/mol. The van der Waals surface area contributed by atoms with E-state index >= 15 is 0 Å². The Morgan fingerprint density at radius 2 is 1.76 bits per heavy atom. The molecule has 2 amide bonds. The highest BCUT2D eigenvalue weighted by atomic mass is 32.2. The third-order valence-electron chi connectivity index (χ3n) is 3.86. The first-order chi connectivity index (χ1) is 10.1. The molecule has 0 aromatic heterocycles. The summed E-state index contributed by atoms with van der Waals surface area (Å²) >= 11 is 1.91. The Hall–Kier alpha value is -0.790. The molecule has 2 saturated heterocycles. The molecule has 2 rings (SSSR count). The van der Waals surface area contributed by atoms with Crippen molar-refractivity contribution < 1.29 is 9.59 Å². The van der Waals surface area contributed by atoms with E-state index < -0.39 is 0 Å². The molecule has 1 N–H and O–H groups in total. The average Bonchev–Trinajstić information content (AvgIpc) is 2.47. The Balaban J connectivity index is 1.72. The van der Waals surface area contributed by atoms with Crippen molar-refractivity contribution in [3.8, 4) is 0 Å². The minimum absolute atomic E-state index is 0.150. The molecule has 0 spiro atoms. The van der Waals surface area contributed by atoms with E-state index in [-0.39, 0.29) is 11.8 Å². The molecule has 2 heterocycles. The summed E-state index contributed by atoms with van der Waals surface area (Å²) in [5, 5.41) is 3.40. The lowest BCUT2D eigenvalue weighted by molar-refractivity contribution is -0.140. The summed E-state index contributed by atoms with van der Waals surface area (Å²) in [6.45, 7) is 4.08. The van der Waals surface area contributed by atoms with Crippen LogP contribution in [-0.2, 0) is 9.59 Å². The second-order valence-electron chi connectivity index (χ2n) is 5.93. The van der Waals surface area contributed by atoms with E-state index in [4.69, 9.17) is 0 Å². The van der Waals surface area contributed by atoms with E-state index in [0.717, 1.165) is 18.1 Å². The maximum absolute atomic E-state index is 12.3. The van der Waals surface area contributed by atoms with Crippen molar-refractivity contribution >= 4 is 23.6 Å². The Bertz CT molecular complexity index is 364. The van der Waals surface area contributed by atoms with Crippen molar-refractivity contribution in [2.24, 2.45) is 0 Å². The van der Waals surface area contributed by atoms with Crippen LogP contribution in [0, 0.1) is 0 Å². The smallest absolute Gasteiger partial charge is 0.236 e. The van der Waals surface area contributed by atoms with Gasteiger partial charge >= 0.3 is 0 Å². The Labute approximate surface area is 131 Å². The third-order valence-corrected chi connectivity index (χ3v) is 4.99. The fourth-order valence-electron chi connectivity index (χ4n) is 2.67. The first kappa shape index (κ1) is 16.6. The number of likely N-dealkylation sites (N-methyl/N-ethyl adjacent to an activating group) is 1. The topological polar surface area (TPSA) is 55.9 Å². The molecule has 0 aromatic rings. The van der Waals surface area contributed by atoms with Crippen LogP contribution >= 0.6 is 11.8 Å². The van der Waals surface area contributed by atoms with Crippen molar-refractivity contribution in [2.75, 3.05) is 64.9 Å². The van der Waals surface area contributed by atoms with Gasteiger partial charge in [-0.2, -0.15) is 11.8 Å². The van der Waals surface area contributed by atoms with Gasteiger partial charge < -0.3 is 20.0 Å². The standard InChI is InChI=1S/C14H26N4O2S/c1-16(2)10-14(20)18-6-4-17(5-7-18)13(19)9-12-11-21-8-3-15-12/h12,15H,3-11H2,1-2H3. The number of amides is 2. The van der Waals surface area contributed by atoms with E-state index in [1.54, 1.807) is 0 Å². The first-order valence-electron chi connectivity index (χ1n) is 7.57. The van der Waals surface area contributed by atoms with Gasteiger partial charge in [-0.25, -0.2) is 0 Å². The van der Waals surface area contributed by atoms with Crippen LogP contribution in [0.5, 0.6) is 0 Å². The maximum Gasteiger partial charge on any atom is 0.236 e. The normalized spacial score (nSPS) is 23.5. The molecule has 1 unspecified atom stereocenters. The summed E-state index contributed by atoms with van der Waals surface area (Å²) in [7, 11) is 3.79. The van der Waals surface area contributed by atoms with Gasteiger partial charge in [0.1, 0.15) is 0 Å². The van der Waals surface area contributed by atoms with Gasteiger partial charge in [-0.3, -0.25) is 9.59 Å². The van der Waals surface area contributed by atoms with Crippen LogP contribution in [0.2, 0.25) is 0 Å². The molecule has 0 bridgehead atoms. The molecule has 2 aliphatic rings. The molecule has 0 aromatic carbocycles. The molecule has 0 radical (unpaired) electrons. The molecular weight excluding hydrogens is 288 g/mol. The molecular formula is C14H26N4O2S. The van der Waals surface area contributed by atoms with Gasteiger partial charge in [0.05, 0.1) is 6.54 Å². The van der Waals surface area contributed by atoms with Crippen LogP contribution in [-0.4, -0.2) is 97.4 Å². The Morgan fingerprint density at radius 3 is 2.29 bits per heavy atom. The number of thioether (sulfide) groups is 1. The molecule has 120 valence electrons. The van der Waals surface area contributed by atoms with Crippen molar-refractivity contribution in [1.29, 1.82) is 0 Å². The number of nitrogens with zero attached hydrogens (tertiary/aromatic N) is 3. The number of hydrogen-bond acceptors (Lipinski definition) is 5. The van der Waals surface area contributed by atoms with E-state index in [1.807, 2.05) is 40.6 Å². The van der Waals surface area contributed by atoms with E-state index in [2.05, 4.69) is 5.32 Å². The third kappa shape index (κ3) is 5.16. The number of carbonyl (C=O) groups is 2. The highest BCUT2D eigenvalue weighted by Crippen LogP contribution is 2.12. The van der Waals surface area contributed by atoms with Crippen LogP contribution in [0.3, 0.4) is 0 Å². The molecule has 1 atom stereocenters. The van der Waals surface area contributed by atoms with Gasteiger partial charge in [0, 0.05) is 56.7 Å². The number of hydrogen-bond donors (Lipinski definition) is 1. The quantitative estimate of drug-likeness (QED) is 0.745. The second kappa shape index (κ2) is 8.00. The van der Waals surface area contributed by atoms with Gasteiger partial charge in [-0.1, -0.05) is 0 Å². The summed E-state index contributed by atoms with van der Waals surface area (Å²) < 4.78 is 0. The summed E-state index contributed by atoms with van der Waals surface area (Å²) in [4.78, 5) is 29.9. The van der Waals surface area contributed by atoms with Crippen molar-refractivity contribution in [3.05, 3.63) is 0 Å². The fraction of sp³-hybridized carbons (Fsp3) is 0.857. The van der Waals surface area contributed by atoms with Gasteiger partial charge in [0.25, 0.3) is 0 Å². The van der Waals surface area contributed by atoms with Gasteiger partial charge in [0.2, 0.25) is 11.8 Å². The Kier molecular flexibility index (Phi) is 6.32. The predicted octanol–water partition coefficient (Wildman–Crippen LogP) is -0.686. The minimum atomic E-state index is 0.150. The minimum Gasteiger partial charge on any atom is -0.339 e. The largest absolute Gasteiger partial charge is 0.339 e. The number of piperazine rings is 1. The monoisotopic (exact) mass is 314 g/mol. The van der Waals surface area contributed by atoms with Crippen LogP contribution in [0.4, 0.5) is 0 Å². The molecule has 2 fully saturated rings. The number of rotatable bonds is 4. The van der Waals surface area contributed by atoms with Crippen molar-refractivity contribution in [2.45, 2.75) is 12.5 Å². The van der Waals surface area contributed by atoms with Crippen LogP contribution in [0.1, 0.15) is 6.42 Å². The van der Waals surface area contributed by atoms with Crippen LogP contribution in [0.15, 0.2) is 0 Å². The highest BCUT2D eigenvalue weighted by Gasteiger charge is 2.26. The van der Waals surface area contributed by atoms with Crippen molar-refractivity contribution in [1.82, 2.24) is 20.0 Å². The molecule has 7 heteroatoms. The second-order valence-corrected chi connectivity index (χ2v) is 7.08. The molecule has 6 nitrogen and oxygen atoms in total. The number of nitrogens with one attached hydrogen (secondary N) is 1. The maximum atomic E-state index is 12.3. The fourth-order valence-corrected chi connectivity index (χ4v) is 3.62. The molecule has 2 aliphatic heterocycles. The van der Waals surface area contributed by atoms with Gasteiger partial charge in [-0.15, -0.1) is 0 Å². The summed E-state index contributed by atoms with van der Waals surface area (Å²) in [5.41, 5.74) is 0. The SMILES string of the molecule is CN(C)CC(=O)N1CCN(C(=O)CC2CSCCN2)CC1. The summed E-state index contributed by atoms with van der Waals surface area (Å²) in [5.74, 6) is 2.52. The highest BCUT2D eigenvalue weighted by molar-refractivity contribution is 7.99. The zero-order chi connectivity index (χ0) is 15.2. The zero-order valence-corrected chi connectivity index (χ0v) is 13.8.